The fourth-order valence-electron chi connectivity index (χ4n) is 1.96. The van der Waals surface area contributed by atoms with Crippen molar-refractivity contribution in [3.63, 3.8) is 0 Å². The zero-order valence-electron chi connectivity index (χ0n) is 12.1. The minimum Gasteiger partial charge on any atom is -0.383 e. The molecule has 0 aromatic carbocycles. The topological polar surface area (TPSA) is 79.2 Å². The van der Waals surface area contributed by atoms with Crippen molar-refractivity contribution in [2.45, 2.75) is 32.0 Å². The molecule has 21 heavy (non-hydrogen) atoms. The average molecular weight is 308 g/mol. The van der Waals surface area contributed by atoms with Gasteiger partial charge in [0.05, 0.1) is 12.9 Å². The highest BCUT2D eigenvalue weighted by Crippen LogP contribution is 2.24. The number of imidazole rings is 1. The van der Waals surface area contributed by atoms with E-state index in [0.29, 0.717) is 6.54 Å². The van der Waals surface area contributed by atoms with Crippen molar-refractivity contribution >= 4 is 17.4 Å². The number of hydrogen-bond acceptors (Lipinski definition) is 4. The van der Waals surface area contributed by atoms with Crippen molar-refractivity contribution in [3.8, 4) is 0 Å². The minimum absolute atomic E-state index is 0.0362. The standard InChI is InChI=1S/C14H20N4O2S/c1-11(8-18-6-5-15-10-18)17-13(19)16-9-14(2,20)12-4-3-7-21-12/h3-7,10-11,20H,8-9H2,1-2H3,(H2,16,17,19). The number of carbonyl (C=O) groups is 1. The van der Waals surface area contributed by atoms with Crippen LogP contribution in [0.3, 0.4) is 0 Å². The lowest BCUT2D eigenvalue weighted by Gasteiger charge is -2.23. The van der Waals surface area contributed by atoms with E-state index in [2.05, 4.69) is 15.6 Å². The molecule has 2 aromatic heterocycles. The number of nitrogens with one attached hydrogen (secondary N) is 2. The molecule has 0 saturated heterocycles. The third kappa shape index (κ3) is 4.57. The van der Waals surface area contributed by atoms with E-state index in [-0.39, 0.29) is 18.6 Å². The Morgan fingerprint density at radius 3 is 3.05 bits per heavy atom. The average Bonchev–Trinajstić information content (AvgIpc) is 3.09. The molecule has 6 nitrogen and oxygen atoms in total. The molecule has 2 atom stereocenters. The van der Waals surface area contributed by atoms with Gasteiger partial charge < -0.3 is 20.3 Å². The Hall–Kier alpha value is -1.86. The van der Waals surface area contributed by atoms with Crippen molar-refractivity contribution in [3.05, 3.63) is 41.1 Å². The number of carbonyl (C=O) groups excluding carboxylic acids is 1. The molecule has 0 saturated carbocycles. The van der Waals surface area contributed by atoms with Crippen LogP contribution in [-0.4, -0.2) is 33.3 Å². The number of rotatable bonds is 6. The second-order valence-electron chi connectivity index (χ2n) is 5.24. The molecule has 3 N–H and O–H groups in total. The first-order valence-electron chi connectivity index (χ1n) is 6.74. The highest BCUT2D eigenvalue weighted by atomic mass is 32.1. The van der Waals surface area contributed by atoms with Crippen molar-refractivity contribution in [1.82, 2.24) is 20.2 Å². The molecule has 0 aliphatic rings. The minimum atomic E-state index is -1.06. The molecule has 2 heterocycles. The van der Waals surface area contributed by atoms with Crippen LogP contribution in [0.25, 0.3) is 0 Å². The summed E-state index contributed by atoms with van der Waals surface area (Å²) in [5, 5.41) is 17.8. The predicted octanol–water partition coefficient (Wildman–Crippen LogP) is 1.54. The zero-order chi connectivity index (χ0) is 15.3. The smallest absolute Gasteiger partial charge is 0.315 e. The van der Waals surface area contributed by atoms with E-state index in [1.54, 1.807) is 19.4 Å². The van der Waals surface area contributed by atoms with Gasteiger partial charge in [0.2, 0.25) is 0 Å². The molecule has 114 valence electrons. The molecule has 2 amide bonds. The van der Waals surface area contributed by atoms with Crippen LogP contribution in [0.4, 0.5) is 4.79 Å². The van der Waals surface area contributed by atoms with Gasteiger partial charge in [-0.1, -0.05) is 6.07 Å². The SMILES string of the molecule is CC(Cn1ccnc1)NC(=O)NCC(C)(O)c1cccs1. The largest absolute Gasteiger partial charge is 0.383 e. The van der Waals surface area contributed by atoms with Crippen LogP contribution in [0.15, 0.2) is 36.2 Å². The lowest BCUT2D eigenvalue weighted by atomic mass is 10.1. The van der Waals surface area contributed by atoms with E-state index in [1.807, 2.05) is 35.2 Å². The maximum atomic E-state index is 11.8. The first kappa shape index (κ1) is 15.5. The van der Waals surface area contributed by atoms with Gasteiger partial charge in [-0.2, -0.15) is 0 Å². The van der Waals surface area contributed by atoms with Gasteiger partial charge in [-0.05, 0) is 25.3 Å². The third-order valence-electron chi connectivity index (χ3n) is 3.07. The summed E-state index contributed by atoms with van der Waals surface area (Å²) >= 11 is 1.47. The van der Waals surface area contributed by atoms with Crippen LogP contribution in [0.5, 0.6) is 0 Å². The van der Waals surface area contributed by atoms with Gasteiger partial charge in [0.15, 0.2) is 0 Å². The quantitative estimate of drug-likeness (QED) is 0.757. The van der Waals surface area contributed by atoms with Gasteiger partial charge in [-0.3, -0.25) is 0 Å². The second-order valence-corrected chi connectivity index (χ2v) is 6.19. The maximum Gasteiger partial charge on any atom is 0.315 e. The number of amides is 2. The molecular formula is C14H20N4O2S. The number of aromatic nitrogens is 2. The Morgan fingerprint density at radius 1 is 1.62 bits per heavy atom. The first-order valence-corrected chi connectivity index (χ1v) is 7.62. The van der Waals surface area contributed by atoms with Crippen LogP contribution >= 0.6 is 11.3 Å². The Kier molecular flexibility index (Phi) is 4.98. The van der Waals surface area contributed by atoms with Gasteiger partial charge >= 0.3 is 6.03 Å². The van der Waals surface area contributed by atoms with Crippen molar-refractivity contribution in [2.75, 3.05) is 6.54 Å². The highest BCUT2D eigenvalue weighted by molar-refractivity contribution is 7.10. The summed E-state index contributed by atoms with van der Waals surface area (Å²) in [6, 6.07) is 3.40. The Labute approximate surface area is 127 Å². The molecule has 7 heteroatoms. The summed E-state index contributed by atoms with van der Waals surface area (Å²) in [5.74, 6) is 0. The Bertz CT molecular complexity index is 552. The molecule has 0 bridgehead atoms. The molecule has 2 aromatic rings. The maximum absolute atomic E-state index is 11.8. The predicted molar refractivity (Wildman–Crippen MR) is 82.1 cm³/mol. The number of nitrogens with zero attached hydrogens (tertiary/aromatic N) is 2. The summed E-state index contributed by atoms with van der Waals surface area (Å²) in [4.78, 5) is 16.6. The van der Waals surface area contributed by atoms with E-state index in [0.717, 1.165) is 4.88 Å². The van der Waals surface area contributed by atoms with E-state index in [4.69, 9.17) is 0 Å². The molecule has 0 aliphatic carbocycles. The van der Waals surface area contributed by atoms with E-state index in [1.165, 1.54) is 11.3 Å². The normalized spacial score (nSPS) is 15.2. The third-order valence-corrected chi connectivity index (χ3v) is 4.19. The van der Waals surface area contributed by atoms with Crippen molar-refractivity contribution in [2.24, 2.45) is 0 Å². The van der Waals surface area contributed by atoms with E-state index < -0.39 is 5.60 Å². The summed E-state index contributed by atoms with van der Waals surface area (Å²) in [7, 11) is 0. The summed E-state index contributed by atoms with van der Waals surface area (Å²) in [6.45, 7) is 4.41. The summed E-state index contributed by atoms with van der Waals surface area (Å²) in [6.07, 6.45) is 5.25. The van der Waals surface area contributed by atoms with Gasteiger partial charge in [0.1, 0.15) is 5.60 Å². The summed E-state index contributed by atoms with van der Waals surface area (Å²) < 4.78 is 1.90. The van der Waals surface area contributed by atoms with Gasteiger partial charge in [-0.15, -0.1) is 11.3 Å². The van der Waals surface area contributed by atoms with Crippen molar-refractivity contribution < 1.29 is 9.90 Å². The van der Waals surface area contributed by atoms with Crippen molar-refractivity contribution in [1.29, 1.82) is 0 Å². The van der Waals surface area contributed by atoms with Gasteiger partial charge in [-0.25, -0.2) is 9.78 Å². The van der Waals surface area contributed by atoms with Crippen LogP contribution in [0, 0.1) is 0 Å². The first-order chi connectivity index (χ1) is 9.97. The second kappa shape index (κ2) is 6.73. The number of aliphatic hydroxyl groups is 1. The fourth-order valence-corrected chi connectivity index (χ4v) is 2.74. The molecular weight excluding hydrogens is 288 g/mol. The van der Waals surface area contributed by atoms with Gasteiger partial charge in [0, 0.05) is 29.9 Å². The molecule has 0 spiro atoms. The van der Waals surface area contributed by atoms with E-state index >= 15 is 0 Å². The monoisotopic (exact) mass is 308 g/mol. The fraction of sp³-hybridized carbons (Fsp3) is 0.429. The van der Waals surface area contributed by atoms with Crippen LogP contribution in [0.1, 0.15) is 18.7 Å². The molecule has 0 fully saturated rings. The van der Waals surface area contributed by atoms with Crippen LogP contribution in [-0.2, 0) is 12.1 Å². The highest BCUT2D eigenvalue weighted by Gasteiger charge is 2.24. The number of thiophene rings is 1. The Balaban J connectivity index is 1.77. The summed E-state index contributed by atoms with van der Waals surface area (Å²) in [5.41, 5.74) is -1.06. The molecule has 0 radical (unpaired) electrons. The van der Waals surface area contributed by atoms with E-state index in [9.17, 15) is 9.90 Å². The molecule has 2 unspecified atom stereocenters. The van der Waals surface area contributed by atoms with Crippen LogP contribution < -0.4 is 10.6 Å². The lowest BCUT2D eigenvalue weighted by molar-refractivity contribution is 0.0630. The lowest BCUT2D eigenvalue weighted by Crippen LogP contribution is -2.46. The van der Waals surface area contributed by atoms with Gasteiger partial charge in [0.25, 0.3) is 0 Å². The number of urea groups is 1. The number of hydrogen-bond donors (Lipinski definition) is 3. The Morgan fingerprint density at radius 2 is 2.43 bits per heavy atom. The molecule has 0 aliphatic heterocycles. The van der Waals surface area contributed by atoms with Crippen LogP contribution in [0.2, 0.25) is 0 Å². The zero-order valence-corrected chi connectivity index (χ0v) is 12.9. The molecule has 2 rings (SSSR count).